The summed E-state index contributed by atoms with van der Waals surface area (Å²) >= 11 is 1.66. The first kappa shape index (κ1) is 13.7. The summed E-state index contributed by atoms with van der Waals surface area (Å²) in [6, 6.07) is 12.9. The lowest BCUT2D eigenvalue weighted by Crippen LogP contribution is -2.03. The summed E-state index contributed by atoms with van der Waals surface area (Å²) in [7, 11) is 1.53. The third-order valence-electron chi connectivity index (χ3n) is 2.84. The Hall–Kier alpha value is -1.68. The van der Waals surface area contributed by atoms with E-state index < -0.39 is 0 Å². The van der Waals surface area contributed by atoms with Crippen LogP contribution in [0.3, 0.4) is 0 Å². The van der Waals surface area contributed by atoms with Crippen LogP contribution in [0.1, 0.15) is 5.56 Å². The monoisotopic (exact) mass is 277 g/mol. The highest BCUT2D eigenvalue weighted by Gasteiger charge is 2.05. The molecular weight excluding hydrogens is 261 g/mol. The normalized spacial score (nSPS) is 10.3. The minimum absolute atomic E-state index is 0.256. The standard InChI is InChI=1S/C15H16FNOS/c1-18-12-8-7-11(13(16)9-12)10-17-14-5-3-4-6-15(14)19-2/h3-9,17H,10H2,1-2H3. The van der Waals surface area contributed by atoms with Gasteiger partial charge in [0.25, 0.3) is 0 Å². The molecule has 0 unspecified atom stereocenters. The molecule has 0 atom stereocenters. The molecule has 0 saturated heterocycles. The fourth-order valence-electron chi connectivity index (χ4n) is 1.78. The third kappa shape index (κ3) is 3.41. The highest BCUT2D eigenvalue weighted by atomic mass is 32.2. The highest BCUT2D eigenvalue weighted by Crippen LogP contribution is 2.25. The van der Waals surface area contributed by atoms with E-state index in [9.17, 15) is 4.39 Å². The van der Waals surface area contributed by atoms with Gasteiger partial charge in [-0.3, -0.25) is 0 Å². The Labute approximate surface area is 117 Å². The fourth-order valence-corrected chi connectivity index (χ4v) is 2.35. The molecule has 0 radical (unpaired) electrons. The highest BCUT2D eigenvalue weighted by molar-refractivity contribution is 7.98. The minimum Gasteiger partial charge on any atom is -0.497 e. The molecule has 0 aliphatic heterocycles. The lowest BCUT2D eigenvalue weighted by molar-refractivity contribution is 0.411. The Balaban J connectivity index is 2.10. The predicted octanol–water partition coefficient (Wildman–Crippen LogP) is 4.17. The van der Waals surface area contributed by atoms with Gasteiger partial charge in [-0.2, -0.15) is 0 Å². The van der Waals surface area contributed by atoms with Crippen LogP contribution in [0.5, 0.6) is 5.75 Å². The summed E-state index contributed by atoms with van der Waals surface area (Å²) in [5.41, 5.74) is 1.64. The zero-order chi connectivity index (χ0) is 13.7. The van der Waals surface area contributed by atoms with E-state index in [4.69, 9.17) is 4.74 Å². The molecule has 2 rings (SSSR count). The van der Waals surface area contributed by atoms with Crippen LogP contribution in [0.2, 0.25) is 0 Å². The molecule has 0 aliphatic rings. The molecule has 0 amide bonds. The zero-order valence-electron chi connectivity index (χ0n) is 10.9. The number of methoxy groups -OCH3 is 1. The van der Waals surface area contributed by atoms with Gasteiger partial charge in [0.1, 0.15) is 11.6 Å². The molecular formula is C15H16FNOS. The molecule has 4 heteroatoms. The smallest absolute Gasteiger partial charge is 0.131 e. The fraction of sp³-hybridized carbons (Fsp3) is 0.200. The van der Waals surface area contributed by atoms with E-state index in [1.165, 1.54) is 13.2 Å². The summed E-state index contributed by atoms with van der Waals surface area (Å²) in [5.74, 6) is 0.277. The molecule has 2 aromatic rings. The first-order valence-electron chi connectivity index (χ1n) is 5.94. The zero-order valence-corrected chi connectivity index (χ0v) is 11.8. The topological polar surface area (TPSA) is 21.3 Å². The molecule has 0 bridgehead atoms. The maximum atomic E-state index is 13.8. The Morgan fingerprint density at radius 1 is 1.21 bits per heavy atom. The molecule has 100 valence electrons. The van der Waals surface area contributed by atoms with E-state index >= 15 is 0 Å². The minimum atomic E-state index is -0.256. The quantitative estimate of drug-likeness (QED) is 0.829. The number of ether oxygens (including phenoxy) is 1. The van der Waals surface area contributed by atoms with Crippen molar-refractivity contribution in [1.29, 1.82) is 0 Å². The number of rotatable bonds is 5. The average molecular weight is 277 g/mol. The van der Waals surface area contributed by atoms with Crippen molar-refractivity contribution in [3.8, 4) is 5.75 Å². The van der Waals surface area contributed by atoms with Gasteiger partial charge in [-0.1, -0.05) is 18.2 Å². The summed E-state index contributed by atoms with van der Waals surface area (Å²) in [5, 5.41) is 3.26. The Kier molecular flexibility index (Phi) is 4.68. The summed E-state index contributed by atoms with van der Waals surface area (Å²) in [6.45, 7) is 0.452. The summed E-state index contributed by atoms with van der Waals surface area (Å²) < 4.78 is 18.8. The number of anilines is 1. The first-order chi connectivity index (χ1) is 9.24. The van der Waals surface area contributed by atoms with Gasteiger partial charge < -0.3 is 10.1 Å². The van der Waals surface area contributed by atoms with Crippen LogP contribution in [0.25, 0.3) is 0 Å². The van der Waals surface area contributed by atoms with Crippen LogP contribution in [-0.2, 0) is 6.54 Å². The molecule has 2 aromatic carbocycles. The van der Waals surface area contributed by atoms with Crippen LogP contribution >= 0.6 is 11.8 Å². The summed E-state index contributed by atoms with van der Waals surface area (Å²) in [4.78, 5) is 1.15. The number of halogens is 1. The summed E-state index contributed by atoms with van der Waals surface area (Å²) in [6.07, 6.45) is 2.02. The van der Waals surface area contributed by atoms with Gasteiger partial charge in [0.15, 0.2) is 0 Å². The van der Waals surface area contributed by atoms with Gasteiger partial charge in [0.2, 0.25) is 0 Å². The van der Waals surface area contributed by atoms with Crippen molar-refractivity contribution in [3.63, 3.8) is 0 Å². The van der Waals surface area contributed by atoms with E-state index in [2.05, 4.69) is 5.32 Å². The second kappa shape index (κ2) is 6.48. The van der Waals surface area contributed by atoms with Gasteiger partial charge in [0.05, 0.1) is 7.11 Å². The van der Waals surface area contributed by atoms with Crippen molar-refractivity contribution in [2.24, 2.45) is 0 Å². The van der Waals surface area contributed by atoms with Gasteiger partial charge in [-0.15, -0.1) is 11.8 Å². The van der Waals surface area contributed by atoms with Crippen LogP contribution in [-0.4, -0.2) is 13.4 Å². The lowest BCUT2D eigenvalue weighted by Gasteiger charge is -2.11. The van der Waals surface area contributed by atoms with Gasteiger partial charge in [-0.05, 0) is 24.5 Å². The number of nitrogens with one attached hydrogen (secondary N) is 1. The molecule has 0 spiro atoms. The third-order valence-corrected chi connectivity index (χ3v) is 3.63. The number of benzene rings is 2. The van der Waals surface area contributed by atoms with Gasteiger partial charge in [-0.25, -0.2) is 4.39 Å². The van der Waals surface area contributed by atoms with Crippen molar-refractivity contribution in [1.82, 2.24) is 0 Å². The van der Waals surface area contributed by atoms with Gasteiger partial charge in [0, 0.05) is 28.8 Å². The average Bonchev–Trinajstić information content (AvgIpc) is 2.46. The van der Waals surface area contributed by atoms with Gasteiger partial charge >= 0.3 is 0 Å². The molecule has 1 N–H and O–H groups in total. The maximum Gasteiger partial charge on any atom is 0.131 e. The number of hydrogen-bond donors (Lipinski definition) is 1. The number of thioether (sulfide) groups is 1. The number of hydrogen-bond acceptors (Lipinski definition) is 3. The molecule has 0 heterocycles. The molecule has 0 aliphatic carbocycles. The molecule has 0 aromatic heterocycles. The van der Waals surface area contributed by atoms with Crippen molar-refractivity contribution < 1.29 is 9.13 Å². The van der Waals surface area contributed by atoms with E-state index in [1.54, 1.807) is 23.9 Å². The second-order valence-electron chi connectivity index (χ2n) is 4.01. The predicted molar refractivity (Wildman–Crippen MR) is 78.5 cm³/mol. The van der Waals surface area contributed by atoms with Crippen molar-refractivity contribution in [2.75, 3.05) is 18.7 Å². The van der Waals surface area contributed by atoms with Crippen molar-refractivity contribution in [2.45, 2.75) is 11.4 Å². The van der Waals surface area contributed by atoms with E-state index in [0.717, 1.165) is 10.6 Å². The Bertz CT molecular complexity index is 560. The van der Waals surface area contributed by atoms with E-state index in [-0.39, 0.29) is 5.82 Å². The maximum absolute atomic E-state index is 13.8. The number of para-hydroxylation sites is 1. The van der Waals surface area contributed by atoms with E-state index in [0.29, 0.717) is 17.9 Å². The molecule has 0 fully saturated rings. The molecule has 2 nitrogen and oxygen atoms in total. The van der Waals surface area contributed by atoms with Crippen LogP contribution in [0, 0.1) is 5.82 Å². The molecule has 0 saturated carbocycles. The Morgan fingerprint density at radius 2 is 2.00 bits per heavy atom. The first-order valence-corrected chi connectivity index (χ1v) is 7.16. The van der Waals surface area contributed by atoms with Crippen LogP contribution in [0.15, 0.2) is 47.4 Å². The van der Waals surface area contributed by atoms with E-state index in [1.807, 2.05) is 30.5 Å². The van der Waals surface area contributed by atoms with Crippen molar-refractivity contribution in [3.05, 3.63) is 53.8 Å². The lowest BCUT2D eigenvalue weighted by atomic mass is 10.2. The Morgan fingerprint density at radius 3 is 2.68 bits per heavy atom. The van der Waals surface area contributed by atoms with Crippen LogP contribution < -0.4 is 10.1 Å². The van der Waals surface area contributed by atoms with Crippen molar-refractivity contribution >= 4 is 17.4 Å². The molecule has 19 heavy (non-hydrogen) atoms. The SMILES string of the molecule is COc1ccc(CNc2ccccc2SC)c(F)c1. The second-order valence-corrected chi connectivity index (χ2v) is 4.86. The van der Waals surface area contributed by atoms with Crippen LogP contribution in [0.4, 0.5) is 10.1 Å². The largest absolute Gasteiger partial charge is 0.497 e.